The Morgan fingerprint density at radius 1 is 1.11 bits per heavy atom. The predicted octanol–water partition coefficient (Wildman–Crippen LogP) is 3.36. The van der Waals surface area contributed by atoms with Crippen LogP contribution in [0.4, 0.5) is 0 Å². The second-order valence-electron chi connectivity index (χ2n) is 4.46. The lowest BCUT2D eigenvalue weighted by Crippen LogP contribution is -2.14. The average Bonchev–Trinajstić information content (AvgIpc) is 2.84. The molecule has 1 heterocycles. The van der Waals surface area contributed by atoms with Crippen molar-refractivity contribution in [1.29, 1.82) is 0 Å². The molecule has 96 valence electrons. The highest BCUT2D eigenvalue weighted by Gasteiger charge is 2.04. The molecule has 3 heteroatoms. The number of para-hydroxylation sites is 1. The molecule has 2 rings (SSSR count). The largest absolute Gasteiger partial charge is 0.491 e. The molecular formula is C15H19NO2. The normalized spacial score (nSPS) is 10.8. The van der Waals surface area contributed by atoms with Crippen LogP contribution in [0.15, 0.2) is 47.1 Å². The lowest BCUT2D eigenvalue weighted by atomic mass is 10.2. The molecule has 0 aliphatic heterocycles. The van der Waals surface area contributed by atoms with E-state index in [4.69, 9.17) is 9.15 Å². The molecule has 0 saturated heterocycles. The Kier molecular flexibility index (Phi) is 4.42. The molecule has 3 nitrogen and oxygen atoms in total. The number of hydrogen-bond donors (Lipinski definition) is 1. The maximum atomic E-state index is 5.77. The Morgan fingerprint density at radius 2 is 1.94 bits per heavy atom. The number of rotatable bonds is 6. The SMILES string of the molecule is CC(C)Oc1ccccc1CNCc1ccco1. The van der Waals surface area contributed by atoms with Crippen LogP contribution in [-0.4, -0.2) is 6.10 Å². The number of benzene rings is 1. The van der Waals surface area contributed by atoms with Crippen LogP contribution in [0, 0.1) is 0 Å². The molecule has 0 bridgehead atoms. The van der Waals surface area contributed by atoms with E-state index in [0.717, 1.165) is 30.2 Å². The molecule has 0 atom stereocenters. The fourth-order valence-corrected chi connectivity index (χ4v) is 1.75. The van der Waals surface area contributed by atoms with Crippen molar-refractivity contribution in [1.82, 2.24) is 5.32 Å². The van der Waals surface area contributed by atoms with Crippen molar-refractivity contribution in [2.24, 2.45) is 0 Å². The van der Waals surface area contributed by atoms with Crippen molar-refractivity contribution in [3.8, 4) is 5.75 Å². The smallest absolute Gasteiger partial charge is 0.124 e. The first-order valence-electron chi connectivity index (χ1n) is 6.23. The molecule has 1 N–H and O–H groups in total. The van der Waals surface area contributed by atoms with Crippen LogP contribution in [0.5, 0.6) is 5.75 Å². The standard InChI is InChI=1S/C15H19NO2/c1-12(2)18-15-8-4-3-6-13(15)10-16-11-14-7-5-9-17-14/h3-9,12,16H,10-11H2,1-2H3. The van der Waals surface area contributed by atoms with E-state index in [-0.39, 0.29) is 6.10 Å². The van der Waals surface area contributed by atoms with E-state index in [0.29, 0.717) is 0 Å². The molecule has 0 fully saturated rings. The first kappa shape index (κ1) is 12.7. The Labute approximate surface area is 108 Å². The maximum Gasteiger partial charge on any atom is 0.124 e. The van der Waals surface area contributed by atoms with E-state index in [9.17, 15) is 0 Å². The molecule has 1 aromatic carbocycles. The second-order valence-corrected chi connectivity index (χ2v) is 4.46. The first-order valence-corrected chi connectivity index (χ1v) is 6.23. The van der Waals surface area contributed by atoms with Crippen LogP contribution in [0.3, 0.4) is 0 Å². The first-order chi connectivity index (χ1) is 8.75. The van der Waals surface area contributed by atoms with Crippen molar-refractivity contribution < 1.29 is 9.15 Å². The highest BCUT2D eigenvalue weighted by Crippen LogP contribution is 2.19. The van der Waals surface area contributed by atoms with E-state index in [1.165, 1.54) is 0 Å². The van der Waals surface area contributed by atoms with Crippen LogP contribution < -0.4 is 10.1 Å². The molecule has 18 heavy (non-hydrogen) atoms. The van der Waals surface area contributed by atoms with Gasteiger partial charge in [0, 0.05) is 12.1 Å². The minimum atomic E-state index is 0.191. The summed E-state index contributed by atoms with van der Waals surface area (Å²) in [4.78, 5) is 0. The third-order valence-corrected chi connectivity index (χ3v) is 2.53. The van der Waals surface area contributed by atoms with Crippen LogP contribution in [0.1, 0.15) is 25.2 Å². The van der Waals surface area contributed by atoms with Crippen molar-refractivity contribution >= 4 is 0 Å². The molecule has 2 aromatic rings. The summed E-state index contributed by atoms with van der Waals surface area (Å²) in [7, 11) is 0. The van der Waals surface area contributed by atoms with Crippen molar-refractivity contribution in [3.63, 3.8) is 0 Å². The number of furan rings is 1. The van der Waals surface area contributed by atoms with Crippen LogP contribution in [0.25, 0.3) is 0 Å². The number of hydrogen-bond acceptors (Lipinski definition) is 3. The predicted molar refractivity (Wildman–Crippen MR) is 71.5 cm³/mol. The van der Waals surface area contributed by atoms with Gasteiger partial charge in [0.2, 0.25) is 0 Å². The summed E-state index contributed by atoms with van der Waals surface area (Å²) in [5, 5.41) is 3.34. The summed E-state index contributed by atoms with van der Waals surface area (Å²) in [5.74, 6) is 1.89. The van der Waals surface area contributed by atoms with Gasteiger partial charge in [0.05, 0.1) is 18.9 Å². The lowest BCUT2D eigenvalue weighted by Gasteiger charge is -2.14. The van der Waals surface area contributed by atoms with Gasteiger partial charge in [-0.3, -0.25) is 0 Å². The van der Waals surface area contributed by atoms with E-state index < -0.39 is 0 Å². The number of ether oxygens (including phenoxy) is 1. The molecule has 0 aliphatic carbocycles. The van der Waals surface area contributed by atoms with E-state index in [1.807, 2.05) is 44.2 Å². The zero-order valence-electron chi connectivity index (χ0n) is 10.8. The summed E-state index contributed by atoms with van der Waals surface area (Å²) in [6.45, 7) is 5.56. The Morgan fingerprint density at radius 3 is 2.67 bits per heavy atom. The van der Waals surface area contributed by atoms with Gasteiger partial charge in [-0.05, 0) is 32.0 Å². The Bertz CT molecular complexity index is 463. The minimum absolute atomic E-state index is 0.191. The molecular weight excluding hydrogens is 226 g/mol. The highest BCUT2D eigenvalue weighted by molar-refractivity contribution is 5.33. The Balaban J connectivity index is 1.92. The quantitative estimate of drug-likeness (QED) is 0.847. The van der Waals surface area contributed by atoms with Gasteiger partial charge in [-0.1, -0.05) is 18.2 Å². The van der Waals surface area contributed by atoms with E-state index >= 15 is 0 Å². The fourth-order valence-electron chi connectivity index (χ4n) is 1.75. The third-order valence-electron chi connectivity index (χ3n) is 2.53. The number of nitrogens with one attached hydrogen (secondary N) is 1. The van der Waals surface area contributed by atoms with Gasteiger partial charge in [0.25, 0.3) is 0 Å². The monoisotopic (exact) mass is 245 g/mol. The molecule has 0 aliphatic rings. The average molecular weight is 245 g/mol. The minimum Gasteiger partial charge on any atom is -0.491 e. The van der Waals surface area contributed by atoms with Gasteiger partial charge in [0.1, 0.15) is 11.5 Å². The van der Waals surface area contributed by atoms with Crippen molar-refractivity contribution in [2.75, 3.05) is 0 Å². The lowest BCUT2D eigenvalue weighted by molar-refractivity contribution is 0.239. The van der Waals surface area contributed by atoms with Gasteiger partial charge < -0.3 is 14.5 Å². The molecule has 0 amide bonds. The zero-order chi connectivity index (χ0) is 12.8. The topological polar surface area (TPSA) is 34.4 Å². The summed E-state index contributed by atoms with van der Waals surface area (Å²) in [6.07, 6.45) is 1.88. The van der Waals surface area contributed by atoms with Gasteiger partial charge >= 0.3 is 0 Å². The summed E-state index contributed by atoms with van der Waals surface area (Å²) in [5.41, 5.74) is 1.16. The summed E-state index contributed by atoms with van der Waals surface area (Å²) in [6, 6.07) is 12.0. The molecule has 0 saturated carbocycles. The molecule has 0 radical (unpaired) electrons. The Hall–Kier alpha value is -1.74. The van der Waals surface area contributed by atoms with Gasteiger partial charge in [-0.2, -0.15) is 0 Å². The van der Waals surface area contributed by atoms with Crippen molar-refractivity contribution in [3.05, 3.63) is 54.0 Å². The van der Waals surface area contributed by atoms with Crippen LogP contribution in [-0.2, 0) is 13.1 Å². The summed E-state index contributed by atoms with van der Waals surface area (Å²) >= 11 is 0. The van der Waals surface area contributed by atoms with Crippen LogP contribution in [0.2, 0.25) is 0 Å². The summed E-state index contributed by atoms with van der Waals surface area (Å²) < 4.78 is 11.0. The van der Waals surface area contributed by atoms with Crippen molar-refractivity contribution in [2.45, 2.75) is 33.0 Å². The van der Waals surface area contributed by atoms with Gasteiger partial charge in [-0.25, -0.2) is 0 Å². The van der Waals surface area contributed by atoms with E-state index in [1.54, 1.807) is 6.26 Å². The van der Waals surface area contributed by atoms with Gasteiger partial charge in [0.15, 0.2) is 0 Å². The van der Waals surface area contributed by atoms with Gasteiger partial charge in [-0.15, -0.1) is 0 Å². The van der Waals surface area contributed by atoms with Crippen LogP contribution >= 0.6 is 0 Å². The molecule has 0 unspecified atom stereocenters. The molecule has 1 aromatic heterocycles. The molecule has 0 spiro atoms. The highest BCUT2D eigenvalue weighted by atomic mass is 16.5. The maximum absolute atomic E-state index is 5.77. The third kappa shape index (κ3) is 3.64. The fraction of sp³-hybridized carbons (Fsp3) is 0.333. The van der Waals surface area contributed by atoms with E-state index in [2.05, 4.69) is 11.4 Å². The second kappa shape index (κ2) is 6.26. The zero-order valence-corrected chi connectivity index (χ0v) is 10.8.